The van der Waals surface area contributed by atoms with E-state index in [1.54, 1.807) is 12.1 Å². The fourth-order valence-electron chi connectivity index (χ4n) is 3.09. The topological polar surface area (TPSA) is 113 Å². The van der Waals surface area contributed by atoms with Crippen LogP contribution in [0.3, 0.4) is 0 Å². The summed E-state index contributed by atoms with van der Waals surface area (Å²) >= 11 is 0. The van der Waals surface area contributed by atoms with E-state index in [1.807, 2.05) is 42.5 Å². The van der Waals surface area contributed by atoms with Gasteiger partial charge in [0.2, 0.25) is 5.78 Å². The third-order valence-corrected chi connectivity index (χ3v) is 4.80. The minimum Gasteiger partial charge on any atom is -0.454 e. The molecule has 0 saturated heterocycles. The van der Waals surface area contributed by atoms with Gasteiger partial charge in [-0.05, 0) is 23.6 Å². The van der Waals surface area contributed by atoms with Gasteiger partial charge in [-0.1, -0.05) is 48.5 Å². The largest absolute Gasteiger partial charge is 0.454 e. The lowest BCUT2D eigenvalue weighted by molar-refractivity contribution is 0.0473. The van der Waals surface area contributed by atoms with Crippen molar-refractivity contribution in [1.82, 2.24) is 9.13 Å². The molecule has 0 aliphatic rings. The van der Waals surface area contributed by atoms with Gasteiger partial charge in [-0.3, -0.25) is 18.7 Å². The lowest BCUT2D eigenvalue weighted by Crippen LogP contribution is -2.42. The van der Waals surface area contributed by atoms with Crippen LogP contribution in [-0.2, 0) is 25.3 Å². The number of esters is 1. The monoisotopic (exact) mass is 407 g/mol. The molecule has 0 unspecified atom stereocenters. The highest BCUT2D eigenvalue weighted by molar-refractivity contribution is 6.02. The minimum absolute atomic E-state index is 0.270. The molecule has 0 aliphatic heterocycles. The van der Waals surface area contributed by atoms with E-state index in [1.165, 1.54) is 14.1 Å². The van der Waals surface area contributed by atoms with Gasteiger partial charge >= 0.3 is 11.7 Å². The Morgan fingerprint density at radius 1 is 0.933 bits per heavy atom. The van der Waals surface area contributed by atoms with Crippen molar-refractivity contribution in [2.24, 2.45) is 14.1 Å². The number of nitrogen functional groups attached to an aromatic ring is 1. The summed E-state index contributed by atoms with van der Waals surface area (Å²) in [5, 5.41) is 0. The zero-order chi connectivity index (χ0) is 21.8. The number of carbonyl (C=O) groups excluding carboxylic acids is 2. The minimum atomic E-state index is -0.832. The number of rotatable bonds is 6. The zero-order valence-electron chi connectivity index (χ0n) is 16.6. The summed E-state index contributed by atoms with van der Waals surface area (Å²) in [6, 6.07) is 16.6. The van der Waals surface area contributed by atoms with Crippen molar-refractivity contribution in [3.8, 4) is 0 Å². The summed E-state index contributed by atoms with van der Waals surface area (Å²) in [6.45, 7) is -0.670. The molecule has 8 heteroatoms. The Bertz CT molecular complexity index is 1230. The number of carbonyl (C=O) groups is 2. The van der Waals surface area contributed by atoms with Gasteiger partial charge < -0.3 is 10.5 Å². The number of ketones is 1. The first-order chi connectivity index (χ1) is 14.3. The van der Waals surface area contributed by atoms with E-state index in [9.17, 15) is 19.2 Å². The number of aromatic nitrogens is 2. The van der Waals surface area contributed by atoms with Crippen molar-refractivity contribution in [3.05, 3.63) is 97.7 Å². The lowest BCUT2D eigenvalue weighted by Gasteiger charge is -2.12. The molecule has 8 nitrogen and oxygen atoms in total. The number of nitrogens with two attached hydrogens (primary N) is 1. The summed E-state index contributed by atoms with van der Waals surface area (Å²) in [6.07, 6.45) is 0.522. The van der Waals surface area contributed by atoms with Gasteiger partial charge in [-0.15, -0.1) is 0 Å². The average Bonchev–Trinajstić information content (AvgIpc) is 2.76. The Balaban J connectivity index is 1.80. The molecule has 0 aliphatic carbocycles. The van der Waals surface area contributed by atoms with E-state index < -0.39 is 29.6 Å². The highest BCUT2D eigenvalue weighted by Gasteiger charge is 2.22. The van der Waals surface area contributed by atoms with E-state index in [4.69, 9.17) is 10.5 Å². The van der Waals surface area contributed by atoms with Crippen LogP contribution >= 0.6 is 0 Å². The molecule has 0 fully saturated rings. The predicted octanol–water partition coefficient (Wildman–Crippen LogP) is 1.30. The van der Waals surface area contributed by atoms with Gasteiger partial charge in [0.1, 0.15) is 11.4 Å². The number of hydrogen-bond donors (Lipinski definition) is 1. The average molecular weight is 407 g/mol. The predicted molar refractivity (Wildman–Crippen MR) is 112 cm³/mol. The number of nitrogens with zero attached hydrogens (tertiary/aromatic N) is 2. The molecule has 1 aromatic heterocycles. The van der Waals surface area contributed by atoms with Crippen molar-refractivity contribution in [2.75, 3.05) is 12.3 Å². The second kappa shape index (κ2) is 8.60. The Morgan fingerprint density at radius 2 is 1.57 bits per heavy atom. The third-order valence-electron chi connectivity index (χ3n) is 4.80. The smallest absolute Gasteiger partial charge is 0.338 e. The molecule has 2 N–H and O–H groups in total. The van der Waals surface area contributed by atoms with Gasteiger partial charge in [0.25, 0.3) is 5.56 Å². The molecule has 30 heavy (non-hydrogen) atoms. The van der Waals surface area contributed by atoms with Crippen LogP contribution in [0.25, 0.3) is 0 Å². The van der Waals surface area contributed by atoms with Crippen molar-refractivity contribution in [3.63, 3.8) is 0 Å². The van der Waals surface area contributed by atoms with Gasteiger partial charge in [0.15, 0.2) is 6.61 Å². The standard InChI is InChI=1S/C22H21N3O5/c1-24-19(23)18(20(27)25(2)22(24)29)17(26)13-30-21(28)16-11-7-6-10-15(16)12-14-8-4-3-5-9-14/h3-11H,12-13,23H2,1-2H3. The van der Waals surface area contributed by atoms with Crippen LogP contribution in [0.5, 0.6) is 0 Å². The van der Waals surface area contributed by atoms with Crippen LogP contribution in [0.2, 0.25) is 0 Å². The quantitative estimate of drug-likeness (QED) is 0.487. The molecule has 1 heterocycles. The Kier molecular flexibility index (Phi) is 5.96. The van der Waals surface area contributed by atoms with Crippen LogP contribution in [0, 0.1) is 0 Å². The Morgan fingerprint density at radius 3 is 2.27 bits per heavy atom. The molecular formula is C22H21N3O5. The van der Waals surface area contributed by atoms with Crippen molar-refractivity contribution < 1.29 is 14.3 Å². The number of anilines is 1. The zero-order valence-corrected chi connectivity index (χ0v) is 16.6. The lowest BCUT2D eigenvalue weighted by atomic mass is 10.00. The highest BCUT2D eigenvalue weighted by atomic mass is 16.5. The van der Waals surface area contributed by atoms with E-state index in [2.05, 4.69) is 0 Å². The number of Topliss-reactive ketones (excluding diaryl/α,β-unsaturated/α-hetero) is 1. The van der Waals surface area contributed by atoms with Gasteiger partial charge in [0.05, 0.1) is 5.56 Å². The van der Waals surface area contributed by atoms with Gasteiger partial charge in [0, 0.05) is 14.1 Å². The number of hydrogen-bond acceptors (Lipinski definition) is 6. The fourth-order valence-corrected chi connectivity index (χ4v) is 3.09. The van der Waals surface area contributed by atoms with Crippen molar-refractivity contribution >= 4 is 17.6 Å². The second-order valence-corrected chi connectivity index (χ2v) is 6.78. The van der Waals surface area contributed by atoms with E-state index in [0.29, 0.717) is 12.0 Å². The molecular weight excluding hydrogens is 386 g/mol. The van der Waals surface area contributed by atoms with Crippen LogP contribution < -0.4 is 17.0 Å². The van der Waals surface area contributed by atoms with Crippen LogP contribution in [0.15, 0.2) is 64.2 Å². The summed E-state index contributed by atoms with van der Waals surface area (Å²) in [5.41, 5.74) is 6.00. The maximum absolute atomic E-state index is 12.6. The maximum atomic E-state index is 12.6. The van der Waals surface area contributed by atoms with Crippen molar-refractivity contribution in [1.29, 1.82) is 0 Å². The van der Waals surface area contributed by atoms with Crippen LogP contribution in [0.4, 0.5) is 5.82 Å². The van der Waals surface area contributed by atoms with Crippen molar-refractivity contribution in [2.45, 2.75) is 6.42 Å². The first-order valence-electron chi connectivity index (χ1n) is 9.19. The molecule has 154 valence electrons. The Labute approximate surface area is 172 Å². The first kappa shape index (κ1) is 20.8. The molecule has 0 radical (unpaired) electrons. The van der Waals surface area contributed by atoms with Gasteiger partial charge in [-0.2, -0.15) is 0 Å². The molecule has 3 rings (SSSR count). The fraction of sp³-hybridized carbons (Fsp3) is 0.182. The molecule has 3 aromatic rings. The van der Waals surface area contributed by atoms with E-state index in [0.717, 1.165) is 20.3 Å². The molecule has 0 spiro atoms. The molecule has 0 bridgehead atoms. The molecule has 0 amide bonds. The molecule has 0 saturated carbocycles. The first-order valence-corrected chi connectivity index (χ1v) is 9.19. The Hall–Kier alpha value is -3.94. The summed E-state index contributed by atoms with van der Waals surface area (Å²) in [7, 11) is 2.59. The molecule has 0 atom stereocenters. The number of benzene rings is 2. The third kappa shape index (κ3) is 4.07. The van der Waals surface area contributed by atoms with Crippen LogP contribution in [-0.4, -0.2) is 27.5 Å². The SMILES string of the molecule is Cn1c(N)c(C(=O)COC(=O)c2ccccc2Cc2ccccc2)c(=O)n(C)c1=O. The maximum Gasteiger partial charge on any atom is 0.338 e. The second-order valence-electron chi connectivity index (χ2n) is 6.78. The normalized spacial score (nSPS) is 10.6. The van der Waals surface area contributed by atoms with Crippen LogP contribution in [0.1, 0.15) is 31.8 Å². The summed E-state index contributed by atoms with van der Waals surface area (Å²) in [5.74, 6) is -1.73. The molecule has 2 aromatic carbocycles. The number of ether oxygens (including phenoxy) is 1. The summed E-state index contributed by atoms with van der Waals surface area (Å²) < 4.78 is 6.93. The van der Waals surface area contributed by atoms with E-state index in [-0.39, 0.29) is 11.4 Å². The summed E-state index contributed by atoms with van der Waals surface area (Å²) in [4.78, 5) is 49.3. The highest BCUT2D eigenvalue weighted by Crippen LogP contribution is 2.16. The van der Waals surface area contributed by atoms with Gasteiger partial charge in [-0.25, -0.2) is 9.59 Å². The van der Waals surface area contributed by atoms with E-state index >= 15 is 0 Å².